The van der Waals surface area contributed by atoms with Gasteiger partial charge in [-0.15, -0.1) is 0 Å². The highest BCUT2D eigenvalue weighted by atomic mass is 16.4. The van der Waals surface area contributed by atoms with E-state index in [-0.39, 0.29) is 0 Å². The number of carboxylic acid groups (broad SMARTS) is 1. The zero-order chi connectivity index (χ0) is 7.84. The van der Waals surface area contributed by atoms with Crippen LogP contribution in [0.2, 0.25) is 0 Å². The Morgan fingerprint density at radius 1 is 1.73 bits per heavy atom. The molecule has 3 heteroatoms. The second kappa shape index (κ2) is 2.34. The number of fused-ring (bicyclic) bond motifs is 2. The Hall–Kier alpha value is -0.830. The first-order valence-corrected chi connectivity index (χ1v) is 3.92. The lowest BCUT2D eigenvalue weighted by atomic mass is 10.0. The largest absolute Gasteiger partial charge is 0.478 e. The Morgan fingerprint density at radius 3 is 3.18 bits per heavy atom. The van der Waals surface area contributed by atoms with Crippen LogP contribution in [0.3, 0.4) is 0 Å². The Bertz CT molecular complexity index is 222. The molecule has 1 saturated heterocycles. The lowest BCUT2D eigenvalue weighted by molar-refractivity contribution is -0.133. The fourth-order valence-electron chi connectivity index (χ4n) is 1.86. The minimum absolute atomic E-state index is 0.509. The molecular weight excluding hydrogens is 142 g/mol. The topological polar surface area (TPSA) is 40.5 Å². The number of aliphatic carboxylic acids is 1. The van der Waals surface area contributed by atoms with Gasteiger partial charge in [0, 0.05) is 18.7 Å². The van der Waals surface area contributed by atoms with E-state index >= 15 is 0 Å². The SMILES string of the molecule is O=C(O)C1=C[C@H]2CCN(C1)C2. The summed E-state index contributed by atoms with van der Waals surface area (Å²) in [7, 11) is 0. The molecule has 0 aromatic heterocycles. The first-order valence-electron chi connectivity index (χ1n) is 3.92. The first-order chi connectivity index (χ1) is 5.25. The van der Waals surface area contributed by atoms with Crippen molar-refractivity contribution >= 4 is 5.97 Å². The van der Waals surface area contributed by atoms with Gasteiger partial charge in [0.25, 0.3) is 0 Å². The van der Waals surface area contributed by atoms with Crippen molar-refractivity contribution in [3.05, 3.63) is 11.6 Å². The van der Waals surface area contributed by atoms with Crippen molar-refractivity contribution in [1.29, 1.82) is 0 Å². The van der Waals surface area contributed by atoms with Gasteiger partial charge >= 0.3 is 5.97 Å². The Labute approximate surface area is 65.3 Å². The fraction of sp³-hybridized carbons (Fsp3) is 0.625. The van der Waals surface area contributed by atoms with Crippen LogP contribution in [-0.2, 0) is 4.79 Å². The zero-order valence-electron chi connectivity index (χ0n) is 6.29. The van der Waals surface area contributed by atoms with Gasteiger partial charge in [0.05, 0.1) is 0 Å². The summed E-state index contributed by atoms with van der Waals surface area (Å²) in [6, 6.07) is 0. The van der Waals surface area contributed by atoms with Gasteiger partial charge in [-0.3, -0.25) is 4.90 Å². The summed E-state index contributed by atoms with van der Waals surface area (Å²) in [4.78, 5) is 12.8. The van der Waals surface area contributed by atoms with Crippen LogP contribution in [0, 0.1) is 5.92 Å². The highest BCUT2D eigenvalue weighted by Gasteiger charge is 2.28. The van der Waals surface area contributed by atoms with Crippen LogP contribution >= 0.6 is 0 Å². The van der Waals surface area contributed by atoms with Crippen molar-refractivity contribution in [2.45, 2.75) is 6.42 Å². The highest BCUT2D eigenvalue weighted by molar-refractivity contribution is 5.87. The van der Waals surface area contributed by atoms with Gasteiger partial charge in [-0.25, -0.2) is 4.79 Å². The van der Waals surface area contributed by atoms with Gasteiger partial charge in [-0.1, -0.05) is 6.08 Å². The summed E-state index contributed by atoms with van der Waals surface area (Å²) < 4.78 is 0. The van der Waals surface area contributed by atoms with E-state index in [0.717, 1.165) is 19.5 Å². The summed E-state index contributed by atoms with van der Waals surface area (Å²) in [5, 5.41) is 8.71. The van der Waals surface area contributed by atoms with Gasteiger partial charge in [0.1, 0.15) is 0 Å². The molecule has 0 aromatic carbocycles. The summed E-state index contributed by atoms with van der Waals surface area (Å²) in [5.74, 6) is -0.239. The molecule has 2 atom stereocenters. The third-order valence-electron chi connectivity index (χ3n) is 2.41. The first kappa shape index (κ1) is 6.85. The van der Waals surface area contributed by atoms with E-state index in [4.69, 9.17) is 5.11 Å². The van der Waals surface area contributed by atoms with Crippen molar-refractivity contribution in [3.63, 3.8) is 0 Å². The molecule has 0 radical (unpaired) electrons. The van der Waals surface area contributed by atoms with Crippen LogP contribution in [0.1, 0.15) is 6.42 Å². The number of rotatable bonds is 1. The average molecular weight is 153 g/mol. The monoisotopic (exact) mass is 153 g/mol. The van der Waals surface area contributed by atoms with Crippen LogP contribution in [0.5, 0.6) is 0 Å². The average Bonchev–Trinajstić information content (AvgIpc) is 2.30. The van der Waals surface area contributed by atoms with Crippen molar-refractivity contribution in [1.82, 2.24) is 4.90 Å². The maximum atomic E-state index is 10.6. The Balaban J connectivity index is 2.19. The lowest BCUT2D eigenvalue weighted by Crippen LogP contribution is -2.29. The van der Waals surface area contributed by atoms with Crippen LogP contribution in [0.15, 0.2) is 11.6 Å². The summed E-state index contributed by atoms with van der Waals surface area (Å²) in [5.41, 5.74) is 0.582. The van der Waals surface area contributed by atoms with Gasteiger partial charge in [0.15, 0.2) is 0 Å². The predicted molar refractivity (Wildman–Crippen MR) is 40.3 cm³/mol. The molecule has 0 aliphatic carbocycles. The summed E-state index contributed by atoms with van der Waals surface area (Å²) in [6.45, 7) is 2.78. The van der Waals surface area contributed by atoms with Gasteiger partial charge in [-0.05, 0) is 18.9 Å². The zero-order valence-corrected chi connectivity index (χ0v) is 6.29. The maximum absolute atomic E-state index is 10.6. The van der Waals surface area contributed by atoms with Crippen molar-refractivity contribution in [2.75, 3.05) is 19.6 Å². The second-order valence-corrected chi connectivity index (χ2v) is 3.28. The van der Waals surface area contributed by atoms with Crippen LogP contribution < -0.4 is 0 Å². The Kier molecular flexibility index (Phi) is 1.46. The molecule has 0 aromatic rings. The van der Waals surface area contributed by atoms with Crippen molar-refractivity contribution in [3.8, 4) is 0 Å². The predicted octanol–water partition coefficient (Wildman–Crippen LogP) is 0.333. The molecule has 0 amide bonds. The smallest absolute Gasteiger partial charge is 0.332 e. The number of carboxylic acids is 1. The minimum Gasteiger partial charge on any atom is -0.478 e. The van der Waals surface area contributed by atoms with E-state index in [1.807, 2.05) is 6.08 Å². The molecular formula is C8H11NO2. The molecule has 3 nitrogen and oxygen atoms in total. The molecule has 2 rings (SSSR count). The normalized spacial score (nSPS) is 35.1. The molecule has 0 saturated carbocycles. The third-order valence-corrected chi connectivity index (χ3v) is 2.41. The third kappa shape index (κ3) is 1.16. The number of hydrogen-bond donors (Lipinski definition) is 1. The number of hydrogen-bond acceptors (Lipinski definition) is 2. The number of carbonyl (C=O) groups is 1. The molecule has 2 aliphatic heterocycles. The van der Waals surface area contributed by atoms with Gasteiger partial charge in [-0.2, -0.15) is 0 Å². The minimum atomic E-state index is -0.749. The van der Waals surface area contributed by atoms with E-state index < -0.39 is 5.97 Å². The van der Waals surface area contributed by atoms with Gasteiger partial charge < -0.3 is 5.11 Å². The fourth-order valence-corrected chi connectivity index (χ4v) is 1.86. The van der Waals surface area contributed by atoms with E-state index in [2.05, 4.69) is 4.90 Å². The molecule has 2 aliphatic rings. The second-order valence-electron chi connectivity index (χ2n) is 3.28. The molecule has 2 heterocycles. The quantitative estimate of drug-likeness (QED) is 0.590. The van der Waals surface area contributed by atoms with E-state index in [0.29, 0.717) is 18.0 Å². The lowest BCUT2D eigenvalue weighted by Gasteiger charge is -2.19. The maximum Gasteiger partial charge on any atom is 0.332 e. The Morgan fingerprint density at radius 2 is 2.55 bits per heavy atom. The number of nitrogens with zero attached hydrogens (tertiary/aromatic N) is 1. The van der Waals surface area contributed by atoms with Crippen molar-refractivity contribution in [2.24, 2.45) is 5.92 Å². The molecule has 11 heavy (non-hydrogen) atoms. The summed E-state index contributed by atoms with van der Waals surface area (Å²) >= 11 is 0. The molecule has 60 valence electrons. The molecule has 0 spiro atoms. The van der Waals surface area contributed by atoms with Crippen LogP contribution in [0.4, 0.5) is 0 Å². The molecule has 1 unspecified atom stereocenters. The standard InChI is InChI=1S/C8H11NO2/c10-8(11)7-3-6-1-2-9(4-6)5-7/h3,6H,1-2,4-5H2,(H,10,11)/t6-/m1/s1. The molecule has 1 fully saturated rings. The molecule has 1 N–H and O–H groups in total. The van der Waals surface area contributed by atoms with Crippen LogP contribution in [0.25, 0.3) is 0 Å². The van der Waals surface area contributed by atoms with E-state index in [9.17, 15) is 4.79 Å². The van der Waals surface area contributed by atoms with Gasteiger partial charge in [0.2, 0.25) is 0 Å². The van der Waals surface area contributed by atoms with Crippen LogP contribution in [-0.4, -0.2) is 35.6 Å². The van der Waals surface area contributed by atoms with Crippen molar-refractivity contribution < 1.29 is 9.90 Å². The summed E-state index contributed by atoms with van der Waals surface area (Å²) in [6.07, 6.45) is 3.06. The van der Waals surface area contributed by atoms with E-state index in [1.54, 1.807) is 0 Å². The molecule has 2 bridgehead atoms. The highest BCUT2D eigenvalue weighted by Crippen LogP contribution is 2.24. The van der Waals surface area contributed by atoms with E-state index in [1.165, 1.54) is 0 Å².